The van der Waals surface area contributed by atoms with Crippen LogP contribution in [0, 0.1) is 0 Å². The molecule has 3 rings (SSSR count). The number of nitrogens with zero attached hydrogens (tertiary/aromatic N) is 2. The van der Waals surface area contributed by atoms with Gasteiger partial charge in [-0.3, -0.25) is 0 Å². The molecule has 0 amide bonds. The molecule has 1 aliphatic rings. The van der Waals surface area contributed by atoms with Crippen molar-refractivity contribution in [1.29, 1.82) is 0 Å². The summed E-state index contributed by atoms with van der Waals surface area (Å²) in [4.78, 5) is 15.4. The standard InChI is InChI=1S/C12H11BrN2O2/c13-10-9-6-8(12(16)17)4-5-15(9)11(14-10)7-2-1-3-7/h4-7H,1-3H2,(H,16,17). The zero-order valence-corrected chi connectivity index (χ0v) is 10.6. The van der Waals surface area contributed by atoms with E-state index in [2.05, 4.69) is 20.9 Å². The number of fused-ring (bicyclic) bond motifs is 1. The summed E-state index contributed by atoms with van der Waals surface area (Å²) in [6.45, 7) is 0. The molecule has 0 bridgehead atoms. The highest BCUT2D eigenvalue weighted by Crippen LogP contribution is 2.37. The van der Waals surface area contributed by atoms with Crippen LogP contribution in [0.3, 0.4) is 0 Å². The van der Waals surface area contributed by atoms with Crippen molar-refractivity contribution in [2.75, 3.05) is 0 Å². The fourth-order valence-electron chi connectivity index (χ4n) is 2.16. The van der Waals surface area contributed by atoms with E-state index < -0.39 is 5.97 Å². The molecule has 0 aliphatic heterocycles. The van der Waals surface area contributed by atoms with Gasteiger partial charge in [0.15, 0.2) is 0 Å². The van der Waals surface area contributed by atoms with Crippen molar-refractivity contribution in [2.45, 2.75) is 25.2 Å². The van der Waals surface area contributed by atoms with E-state index in [4.69, 9.17) is 5.11 Å². The summed E-state index contributed by atoms with van der Waals surface area (Å²) in [6, 6.07) is 3.27. The highest BCUT2D eigenvalue weighted by Gasteiger charge is 2.25. The first-order valence-corrected chi connectivity index (χ1v) is 6.37. The van der Waals surface area contributed by atoms with Crippen LogP contribution in [-0.2, 0) is 0 Å². The SMILES string of the molecule is O=C(O)c1ccn2c(C3CCC3)nc(Br)c2c1. The Kier molecular flexibility index (Phi) is 2.43. The summed E-state index contributed by atoms with van der Waals surface area (Å²) >= 11 is 3.40. The first kappa shape index (κ1) is 10.8. The molecule has 2 aromatic heterocycles. The van der Waals surface area contributed by atoms with Crippen molar-refractivity contribution in [3.05, 3.63) is 34.3 Å². The number of carboxylic acid groups (broad SMARTS) is 1. The second-order valence-corrected chi connectivity index (χ2v) is 5.12. The first-order valence-electron chi connectivity index (χ1n) is 5.57. The largest absolute Gasteiger partial charge is 0.478 e. The molecule has 4 nitrogen and oxygen atoms in total. The summed E-state index contributed by atoms with van der Waals surface area (Å²) in [5.74, 6) is 0.644. The quantitative estimate of drug-likeness (QED) is 0.926. The fraction of sp³-hybridized carbons (Fsp3) is 0.333. The van der Waals surface area contributed by atoms with E-state index >= 15 is 0 Å². The number of hydrogen-bond donors (Lipinski definition) is 1. The van der Waals surface area contributed by atoms with Crippen LogP contribution in [0.2, 0.25) is 0 Å². The Morgan fingerprint density at radius 2 is 2.29 bits per heavy atom. The zero-order chi connectivity index (χ0) is 12.0. The van der Waals surface area contributed by atoms with E-state index in [1.54, 1.807) is 18.3 Å². The van der Waals surface area contributed by atoms with Crippen LogP contribution in [0.5, 0.6) is 0 Å². The molecule has 0 aromatic carbocycles. The lowest BCUT2D eigenvalue weighted by Crippen LogP contribution is -2.12. The average Bonchev–Trinajstić information content (AvgIpc) is 2.54. The van der Waals surface area contributed by atoms with Gasteiger partial charge in [0.1, 0.15) is 10.4 Å². The molecule has 0 unspecified atom stereocenters. The molecule has 1 aliphatic carbocycles. The Bertz CT molecular complexity index is 602. The van der Waals surface area contributed by atoms with E-state index in [9.17, 15) is 4.79 Å². The van der Waals surface area contributed by atoms with Gasteiger partial charge >= 0.3 is 5.97 Å². The minimum atomic E-state index is -0.911. The van der Waals surface area contributed by atoms with E-state index in [0.29, 0.717) is 11.5 Å². The van der Waals surface area contributed by atoms with Crippen LogP contribution in [0.15, 0.2) is 22.9 Å². The summed E-state index contributed by atoms with van der Waals surface area (Å²) in [7, 11) is 0. The van der Waals surface area contributed by atoms with Crippen LogP contribution in [0.1, 0.15) is 41.4 Å². The lowest BCUT2D eigenvalue weighted by molar-refractivity contribution is 0.0697. The second kappa shape index (κ2) is 3.84. The topological polar surface area (TPSA) is 54.6 Å². The average molecular weight is 295 g/mol. The number of rotatable bonds is 2. The fourth-order valence-corrected chi connectivity index (χ4v) is 2.65. The Balaban J connectivity index is 2.17. The van der Waals surface area contributed by atoms with Crippen molar-refractivity contribution in [3.8, 4) is 0 Å². The number of carbonyl (C=O) groups is 1. The van der Waals surface area contributed by atoms with Crippen molar-refractivity contribution in [1.82, 2.24) is 9.38 Å². The summed E-state index contributed by atoms with van der Waals surface area (Å²) in [5, 5.41) is 8.96. The third-order valence-electron chi connectivity index (χ3n) is 3.34. The van der Waals surface area contributed by atoms with Gasteiger partial charge in [0.05, 0.1) is 11.1 Å². The van der Waals surface area contributed by atoms with Crippen molar-refractivity contribution < 1.29 is 9.90 Å². The van der Waals surface area contributed by atoms with Crippen molar-refractivity contribution in [2.24, 2.45) is 0 Å². The summed E-state index contributed by atoms with van der Waals surface area (Å²) in [5.41, 5.74) is 1.12. The van der Waals surface area contributed by atoms with Crippen LogP contribution >= 0.6 is 15.9 Å². The van der Waals surface area contributed by atoms with E-state index in [1.807, 2.05) is 4.40 Å². The molecular formula is C12H11BrN2O2. The summed E-state index contributed by atoms with van der Waals surface area (Å²) in [6.07, 6.45) is 5.40. The maximum Gasteiger partial charge on any atom is 0.335 e. The van der Waals surface area contributed by atoms with Crippen molar-refractivity contribution in [3.63, 3.8) is 0 Å². The molecule has 0 atom stereocenters. The van der Waals surface area contributed by atoms with Gasteiger partial charge in [0.2, 0.25) is 0 Å². The molecule has 17 heavy (non-hydrogen) atoms. The molecule has 1 fully saturated rings. The minimum absolute atomic E-state index is 0.290. The second-order valence-electron chi connectivity index (χ2n) is 4.36. The van der Waals surface area contributed by atoms with Gasteiger partial charge in [0, 0.05) is 12.1 Å². The van der Waals surface area contributed by atoms with E-state index in [0.717, 1.165) is 15.9 Å². The molecule has 2 heterocycles. The van der Waals surface area contributed by atoms with E-state index in [-0.39, 0.29) is 0 Å². The van der Waals surface area contributed by atoms with Crippen molar-refractivity contribution >= 4 is 27.4 Å². The smallest absolute Gasteiger partial charge is 0.335 e. The Morgan fingerprint density at radius 1 is 1.53 bits per heavy atom. The maximum atomic E-state index is 10.9. The molecule has 88 valence electrons. The predicted molar refractivity (Wildman–Crippen MR) is 66.4 cm³/mol. The molecule has 0 saturated heterocycles. The normalized spacial score (nSPS) is 16.1. The number of aromatic carboxylic acids is 1. The number of halogens is 1. The van der Waals surface area contributed by atoms with Crippen LogP contribution in [0.4, 0.5) is 0 Å². The first-order chi connectivity index (χ1) is 8.16. The van der Waals surface area contributed by atoms with Crippen LogP contribution in [0.25, 0.3) is 5.52 Å². The van der Waals surface area contributed by atoms with Gasteiger partial charge in [-0.15, -0.1) is 0 Å². The van der Waals surface area contributed by atoms with Gasteiger partial charge in [-0.25, -0.2) is 9.78 Å². The molecule has 1 saturated carbocycles. The summed E-state index contributed by atoms with van der Waals surface area (Å²) < 4.78 is 2.71. The molecule has 5 heteroatoms. The maximum absolute atomic E-state index is 10.9. The number of hydrogen-bond acceptors (Lipinski definition) is 2. The minimum Gasteiger partial charge on any atom is -0.478 e. The van der Waals surface area contributed by atoms with Crippen LogP contribution in [-0.4, -0.2) is 20.5 Å². The number of aromatic nitrogens is 2. The monoisotopic (exact) mass is 294 g/mol. The highest BCUT2D eigenvalue weighted by molar-refractivity contribution is 9.10. The Hall–Kier alpha value is -1.36. The van der Waals surface area contributed by atoms with Crippen LogP contribution < -0.4 is 0 Å². The zero-order valence-electron chi connectivity index (χ0n) is 9.06. The lowest BCUT2D eigenvalue weighted by atomic mass is 9.85. The Morgan fingerprint density at radius 3 is 2.88 bits per heavy atom. The third-order valence-corrected chi connectivity index (χ3v) is 3.93. The molecule has 0 radical (unpaired) electrons. The van der Waals surface area contributed by atoms with Gasteiger partial charge in [-0.1, -0.05) is 6.42 Å². The molecule has 1 N–H and O–H groups in total. The Labute approximate surface area is 106 Å². The van der Waals surface area contributed by atoms with Gasteiger partial charge in [0.25, 0.3) is 0 Å². The van der Waals surface area contributed by atoms with Gasteiger partial charge in [-0.05, 0) is 40.9 Å². The third kappa shape index (κ3) is 1.65. The molecule has 2 aromatic rings. The number of pyridine rings is 1. The lowest BCUT2D eigenvalue weighted by Gasteiger charge is -2.23. The molecular weight excluding hydrogens is 284 g/mol. The highest BCUT2D eigenvalue weighted by atomic mass is 79.9. The number of imidazole rings is 1. The van der Waals surface area contributed by atoms with Gasteiger partial charge < -0.3 is 9.51 Å². The number of carboxylic acids is 1. The predicted octanol–water partition coefficient (Wildman–Crippen LogP) is 3.06. The van der Waals surface area contributed by atoms with E-state index in [1.165, 1.54) is 19.3 Å². The van der Waals surface area contributed by atoms with Gasteiger partial charge in [-0.2, -0.15) is 0 Å². The molecule has 0 spiro atoms.